The number of nitrogens with one attached hydrogen (secondary N) is 2. The number of H-pyrrole nitrogens is 1. The Hall–Kier alpha value is -6.23. The summed E-state index contributed by atoms with van der Waals surface area (Å²) in [5.74, 6) is -1.41. The van der Waals surface area contributed by atoms with Crippen LogP contribution in [0.4, 0.5) is 5.82 Å². The van der Waals surface area contributed by atoms with Gasteiger partial charge in [-0.15, -0.1) is 10.2 Å². The number of aliphatic imine (C=N–C) groups is 1. The summed E-state index contributed by atoms with van der Waals surface area (Å²) in [7, 11) is 0. The molecule has 5 rings (SSSR count). The number of hydrogen-bond acceptors (Lipinski definition) is 13. The van der Waals surface area contributed by atoms with Gasteiger partial charge >= 0.3 is 5.69 Å². The molecule has 0 saturated heterocycles. The molecule has 0 aliphatic rings. The number of carbonyl (C=O) groups excluding carboxylic acids is 3. The van der Waals surface area contributed by atoms with Gasteiger partial charge < -0.3 is 25.9 Å². The minimum atomic E-state index is -0.769. The van der Waals surface area contributed by atoms with Crippen LogP contribution in [0.15, 0.2) is 88.2 Å². The van der Waals surface area contributed by atoms with E-state index in [1.807, 2.05) is 60.7 Å². The van der Waals surface area contributed by atoms with E-state index in [2.05, 4.69) is 35.4 Å². The monoisotopic (exact) mass is 602 g/mol. The van der Waals surface area contributed by atoms with E-state index in [9.17, 15) is 19.2 Å². The summed E-state index contributed by atoms with van der Waals surface area (Å²) in [6.45, 7) is 0.828. The number of fused-ring (bicyclic) bond motifs is 1. The number of imidazole rings is 2. The number of primary amides is 2. The zero-order chi connectivity index (χ0) is 31.7. The van der Waals surface area contributed by atoms with Crippen molar-refractivity contribution in [2.75, 3.05) is 6.73 Å². The molecular weight excluding hydrogens is 576 g/mol. The highest BCUT2D eigenvalue weighted by Crippen LogP contribution is 2.10. The molecule has 6 N–H and O–H groups in total. The lowest BCUT2D eigenvalue weighted by Gasteiger charge is -2.05. The SMILES string of the molecule is N=Nc1nc[nH]c1C(N)=O.NC(=O)c1ncn2c(=O)n(COCc3ccccc3)nnc12.O=C=NCOCc1ccccc1. The highest BCUT2D eigenvalue weighted by atomic mass is 16.5. The van der Waals surface area contributed by atoms with E-state index in [1.54, 1.807) is 0 Å². The van der Waals surface area contributed by atoms with Crippen molar-refractivity contribution in [1.29, 1.82) is 5.53 Å². The largest absolute Gasteiger partial charge is 0.364 e. The van der Waals surface area contributed by atoms with Crippen molar-refractivity contribution in [3.8, 4) is 0 Å². The molecule has 44 heavy (non-hydrogen) atoms. The first-order valence-corrected chi connectivity index (χ1v) is 12.4. The third-order valence-corrected chi connectivity index (χ3v) is 5.28. The van der Waals surface area contributed by atoms with Gasteiger partial charge in [0.1, 0.15) is 19.8 Å². The molecule has 0 bridgehead atoms. The van der Waals surface area contributed by atoms with E-state index >= 15 is 0 Å². The number of nitrogens with zero attached hydrogens (tertiary/aromatic N) is 8. The standard InChI is InChI=1S/C13H12N6O3.C9H9NO2.C4H5N5O/c14-11(20)10-12-16-17-19(13(21)18(12)7-15-10)8-22-6-9-4-2-1-3-5-9;11-7-10-8-12-6-9-4-2-1-3-5-9;5-3(10)2-4(9-6)8-1-7-2/h1-5,7H,6,8H2,(H2,14,20);1-5H,6,8H2;1,6H,(H2,5,10)(H,7,8). The number of carbonyl (C=O) groups is 2. The molecule has 5 aromatic rings. The van der Waals surface area contributed by atoms with Crippen LogP contribution in [0.1, 0.15) is 32.1 Å². The van der Waals surface area contributed by atoms with E-state index in [0.717, 1.165) is 20.2 Å². The maximum absolute atomic E-state index is 12.2. The number of aromatic nitrogens is 7. The fourth-order valence-corrected chi connectivity index (χ4v) is 3.28. The van der Waals surface area contributed by atoms with E-state index in [1.165, 1.54) is 18.7 Å². The molecule has 0 aliphatic carbocycles. The number of nitrogens with two attached hydrogens (primary N) is 2. The summed E-state index contributed by atoms with van der Waals surface area (Å²) in [5.41, 5.74) is 18.1. The Kier molecular flexibility index (Phi) is 12.4. The number of amides is 2. The van der Waals surface area contributed by atoms with Crippen LogP contribution in [-0.4, -0.2) is 59.0 Å². The highest BCUT2D eigenvalue weighted by Gasteiger charge is 2.15. The zero-order valence-electron chi connectivity index (χ0n) is 22.9. The van der Waals surface area contributed by atoms with Crippen molar-refractivity contribution in [3.63, 3.8) is 0 Å². The fraction of sp³-hybridized carbons (Fsp3) is 0.154. The number of rotatable bonds is 11. The molecule has 0 atom stereocenters. The summed E-state index contributed by atoms with van der Waals surface area (Å²) in [6.07, 6.45) is 3.84. The van der Waals surface area contributed by atoms with E-state index in [4.69, 9.17) is 26.5 Å². The maximum atomic E-state index is 12.2. The quantitative estimate of drug-likeness (QED) is 0.0726. The molecule has 0 unspecified atom stereocenters. The van der Waals surface area contributed by atoms with Gasteiger partial charge in [0.15, 0.2) is 17.0 Å². The van der Waals surface area contributed by atoms with Crippen LogP contribution < -0.4 is 17.2 Å². The van der Waals surface area contributed by atoms with Gasteiger partial charge in [0.05, 0.1) is 19.5 Å². The van der Waals surface area contributed by atoms with Crippen molar-refractivity contribution in [3.05, 3.63) is 106 Å². The predicted molar refractivity (Wildman–Crippen MR) is 151 cm³/mol. The van der Waals surface area contributed by atoms with Crippen LogP contribution in [0.2, 0.25) is 0 Å². The minimum absolute atomic E-state index is 0.0208. The van der Waals surface area contributed by atoms with Gasteiger partial charge in [-0.3, -0.25) is 9.59 Å². The molecule has 2 amide bonds. The molecule has 3 aromatic heterocycles. The van der Waals surface area contributed by atoms with Gasteiger partial charge in [-0.1, -0.05) is 65.9 Å². The summed E-state index contributed by atoms with van der Waals surface area (Å²) in [5, 5.41) is 10.5. The van der Waals surface area contributed by atoms with Crippen LogP contribution in [0.3, 0.4) is 0 Å². The second-order valence-corrected chi connectivity index (χ2v) is 8.28. The predicted octanol–water partition coefficient (Wildman–Crippen LogP) is 1.23. The lowest BCUT2D eigenvalue weighted by Crippen LogP contribution is -2.31. The average molecular weight is 603 g/mol. The lowest BCUT2D eigenvalue weighted by molar-refractivity contribution is 0.0495. The Morgan fingerprint density at radius 1 is 0.955 bits per heavy atom. The number of benzene rings is 2. The summed E-state index contributed by atoms with van der Waals surface area (Å²) in [4.78, 5) is 56.4. The average Bonchev–Trinajstić information content (AvgIpc) is 3.71. The number of aromatic amines is 1. The summed E-state index contributed by atoms with van der Waals surface area (Å²) < 4.78 is 12.6. The third-order valence-electron chi connectivity index (χ3n) is 5.28. The molecular formula is C26H26N12O6. The third kappa shape index (κ3) is 9.42. The van der Waals surface area contributed by atoms with Crippen molar-refractivity contribution in [2.24, 2.45) is 21.6 Å². The lowest BCUT2D eigenvalue weighted by atomic mass is 10.2. The molecule has 0 aliphatic heterocycles. The Morgan fingerprint density at radius 3 is 2.14 bits per heavy atom. The normalized spacial score (nSPS) is 10.0. The second-order valence-electron chi connectivity index (χ2n) is 8.28. The van der Waals surface area contributed by atoms with Gasteiger partial charge in [0.2, 0.25) is 11.9 Å². The van der Waals surface area contributed by atoms with Gasteiger partial charge in [-0.25, -0.2) is 29.5 Å². The maximum Gasteiger partial charge on any atom is 0.355 e. The van der Waals surface area contributed by atoms with Crippen LogP contribution >= 0.6 is 0 Å². The Labute approximate surface area is 247 Å². The minimum Gasteiger partial charge on any atom is -0.364 e. The van der Waals surface area contributed by atoms with E-state index < -0.39 is 17.5 Å². The molecule has 0 radical (unpaired) electrons. The van der Waals surface area contributed by atoms with Crippen molar-refractivity contribution >= 4 is 29.4 Å². The van der Waals surface area contributed by atoms with Crippen LogP contribution in [0.25, 0.3) is 5.65 Å². The van der Waals surface area contributed by atoms with Crippen LogP contribution in [-0.2, 0) is 34.2 Å². The summed E-state index contributed by atoms with van der Waals surface area (Å²) >= 11 is 0. The molecule has 2 aromatic carbocycles. The van der Waals surface area contributed by atoms with E-state index in [0.29, 0.717) is 13.2 Å². The first kappa shape index (κ1) is 32.3. The number of isocyanates is 1. The van der Waals surface area contributed by atoms with Gasteiger partial charge in [0, 0.05) is 0 Å². The van der Waals surface area contributed by atoms with E-state index in [-0.39, 0.29) is 36.3 Å². The number of hydrogen-bond donors (Lipinski definition) is 4. The van der Waals surface area contributed by atoms with Crippen molar-refractivity contribution < 1.29 is 23.9 Å². The molecule has 226 valence electrons. The Bertz CT molecular complexity index is 1780. The van der Waals surface area contributed by atoms with Crippen molar-refractivity contribution in [2.45, 2.75) is 19.9 Å². The van der Waals surface area contributed by atoms with Gasteiger partial charge in [-0.2, -0.15) is 9.67 Å². The highest BCUT2D eigenvalue weighted by molar-refractivity contribution is 5.96. The molecule has 0 fully saturated rings. The fourth-order valence-electron chi connectivity index (χ4n) is 3.28. The van der Waals surface area contributed by atoms with Gasteiger partial charge in [0.25, 0.3) is 11.8 Å². The molecule has 0 saturated carbocycles. The topological polar surface area (TPSA) is 264 Å². The first-order chi connectivity index (χ1) is 21.3. The summed E-state index contributed by atoms with van der Waals surface area (Å²) in [6, 6.07) is 19.2. The van der Waals surface area contributed by atoms with Crippen molar-refractivity contribution in [1.82, 2.24) is 34.3 Å². The van der Waals surface area contributed by atoms with Crippen LogP contribution in [0.5, 0.6) is 0 Å². The van der Waals surface area contributed by atoms with Gasteiger partial charge in [-0.05, 0) is 11.1 Å². The Balaban J connectivity index is 0.000000202. The zero-order valence-corrected chi connectivity index (χ0v) is 22.9. The smallest absolute Gasteiger partial charge is 0.355 e. The molecule has 18 nitrogen and oxygen atoms in total. The molecule has 3 heterocycles. The number of ether oxygens (including phenoxy) is 2. The van der Waals surface area contributed by atoms with Crippen LogP contribution in [0, 0.1) is 5.53 Å². The molecule has 0 spiro atoms. The first-order valence-electron chi connectivity index (χ1n) is 12.4. The second kappa shape index (κ2) is 16.9. The Morgan fingerprint density at radius 2 is 1.59 bits per heavy atom. The molecule has 18 heteroatoms.